The van der Waals surface area contributed by atoms with Crippen molar-refractivity contribution in [2.24, 2.45) is 5.10 Å². The highest BCUT2D eigenvalue weighted by Gasteiger charge is 2.35. The molecule has 1 aliphatic rings. The molecule has 1 aliphatic heterocycles. The summed E-state index contributed by atoms with van der Waals surface area (Å²) < 4.78 is 38.5. The van der Waals surface area contributed by atoms with Crippen LogP contribution in [-0.4, -0.2) is 55.2 Å². The van der Waals surface area contributed by atoms with E-state index < -0.39 is 29.5 Å². The zero-order valence-corrected chi connectivity index (χ0v) is 20.1. The monoisotopic (exact) mass is 493 g/mol. The van der Waals surface area contributed by atoms with Crippen molar-refractivity contribution in [1.82, 2.24) is 9.91 Å². The van der Waals surface area contributed by atoms with E-state index in [9.17, 15) is 18.4 Å². The second-order valence-electron chi connectivity index (χ2n) is 8.26. The number of hydrogen-bond donors (Lipinski definition) is 0. The number of ether oxygens (including phenoxy) is 2. The molecule has 0 fully saturated rings. The Morgan fingerprint density at radius 1 is 1.03 bits per heavy atom. The number of hydrazone groups is 1. The first kappa shape index (κ1) is 24.8. The topological polar surface area (TPSA) is 71.4 Å². The Bertz CT molecular complexity index is 1310. The molecule has 0 spiro atoms. The minimum Gasteiger partial charge on any atom is -0.497 e. The van der Waals surface area contributed by atoms with Crippen LogP contribution >= 0.6 is 0 Å². The minimum atomic E-state index is -0.668. The van der Waals surface area contributed by atoms with Crippen molar-refractivity contribution in [1.29, 1.82) is 0 Å². The van der Waals surface area contributed by atoms with Crippen LogP contribution in [0.2, 0.25) is 0 Å². The largest absolute Gasteiger partial charge is 0.497 e. The zero-order valence-electron chi connectivity index (χ0n) is 20.1. The van der Waals surface area contributed by atoms with E-state index in [0.29, 0.717) is 34.8 Å². The predicted molar refractivity (Wildman–Crippen MR) is 130 cm³/mol. The first-order valence-corrected chi connectivity index (χ1v) is 11.2. The van der Waals surface area contributed by atoms with Gasteiger partial charge < -0.3 is 14.4 Å². The maximum absolute atomic E-state index is 14.1. The number of benzene rings is 3. The van der Waals surface area contributed by atoms with Gasteiger partial charge in [0.05, 0.1) is 31.5 Å². The Morgan fingerprint density at radius 2 is 1.75 bits per heavy atom. The van der Waals surface area contributed by atoms with Crippen LogP contribution in [-0.2, 0) is 4.79 Å². The van der Waals surface area contributed by atoms with Crippen LogP contribution in [0, 0.1) is 11.6 Å². The van der Waals surface area contributed by atoms with E-state index in [2.05, 4.69) is 5.10 Å². The highest BCUT2D eigenvalue weighted by Crippen LogP contribution is 2.36. The number of methoxy groups -OCH3 is 2. The fourth-order valence-corrected chi connectivity index (χ4v) is 4.07. The van der Waals surface area contributed by atoms with Crippen molar-refractivity contribution in [3.8, 4) is 11.5 Å². The van der Waals surface area contributed by atoms with Gasteiger partial charge in [-0.1, -0.05) is 24.3 Å². The summed E-state index contributed by atoms with van der Waals surface area (Å²) in [5.74, 6) is -1.04. The molecule has 0 aromatic heterocycles. The first-order valence-electron chi connectivity index (χ1n) is 11.2. The van der Waals surface area contributed by atoms with Crippen molar-refractivity contribution in [2.75, 3.05) is 27.8 Å². The number of amides is 2. The normalized spacial score (nSPS) is 14.9. The van der Waals surface area contributed by atoms with Crippen molar-refractivity contribution in [3.63, 3.8) is 0 Å². The highest BCUT2D eigenvalue weighted by molar-refractivity contribution is 6.05. The van der Waals surface area contributed by atoms with Gasteiger partial charge in [-0.05, 0) is 42.0 Å². The lowest BCUT2D eigenvalue weighted by atomic mass is 9.97. The molecule has 1 heterocycles. The number of carbonyl (C=O) groups excluding carboxylic acids is 2. The average Bonchev–Trinajstić information content (AvgIpc) is 3.34. The third-order valence-corrected chi connectivity index (χ3v) is 5.96. The van der Waals surface area contributed by atoms with Gasteiger partial charge in [0.15, 0.2) is 0 Å². The molecule has 9 heteroatoms. The lowest BCUT2D eigenvalue weighted by Crippen LogP contribution is -2.39. The SMILES string of the molecule is COc1ccc(C2=NN(C(=O)CN(C)C(=O)c3ccccc3F)C(c3ccc(F)cc3)C2)c(OC)c1. The number of rotatable bonds is 7. The van der Waals surface area contributed by atoms with Gasteiger partial charge in [0.2, 0.25) is 0 Å². The quantitative estimate of drug-likeness (QED) is 0.488. The molecule has 0 saturated heterocycles. The van der Waals surface area contributed by atoms with E-state index in [4.69, 9.17) is 9.47 Å². The van der Waals surface area contributed by atoms with Crippen molar-refractivity contribution in [2.45, 2.75) is 12.5 Å². The van der Waals surface area contributed by atoms with Crippen LogP contribution in [0.5, 0.6) is 11.5 Å². The standard InChI is InChI=1S/C27H25F2N3O4/c1-31(27(34)20-6-4-5-7-22(20)29)16-26(33)32-24(17-8-10-18(28)11-9-17)15-23(30-32)21-13-12-19(35-2)14-25(21)36-3/h4-14,24H,15-16H2,1-3H3. The Labute approximate surface area is 207 Å². The van der Waals surface area contributed by atoms with Crippen LogP contribution in [0.4, 0.5) is 8.78 Å². The predicted octanol–water partition coefficient (Wildman–Crippen LogP) is 4.43. The number of hydrogen-bond acceptors (Lipinski definition) is 5. The molecule has 36 heavy (non-hydrogen) atoms. The number of likely N-dealkylation sites (N-methyl/N-ethyl adjacent to an activating group) is 1. The molecule has 1 atom stereocenters. The highest BCUT2D eigenvalue weighted by atomic mass is 19.1. The van der Waals surface area contributed by atoms with Gasteiger partial charge >= 0.3 is 0 Å². The van der Waals surface area contributed by atoms with E-state index in [0.717, 1.165) is 4.90 Å². The van der Waals surface area contributed by atoms with Gasteiger partial charge in [0.25, 0.3) is 11.8 Å². The van der Waals surface area contributed by atoms with E-state index in [1.54, 1.807) is 43.5 Å². The van der Waals surface area contributed by atoms with Gasteiger partial charge in [-0.15, -0.1) is 0 Å². The van der Waals surface area contributed by atoms with E-state index in [-0.39, 0.29) is 12.1 Å². The van der Waals surface area contributed by atoms with E-state index in [1.807, 2.05) is 0 Å². The fourth-order valence-electron chi connectivity index (χ4n) is 4.07. The molecular formula is C27H25F2N3O4. The lowest BCUT2D eigenvalue weighted by Gasteiger charge is -2.25. The first-order chi connectivity index (χ1) is 17.3. The van der Waals surface area contributed by atoms with Crippen LogP contribution in [0.3, 0.4) is 0 Å². The molecule has 1 unspecified atom stereocenters. The van der Waals surface area contributed by atoms with E-state index >= 15 is 0 Å². The third kappa shape index (κ3) is 5.05. The Balaban J connectivity index is 1.64. The maximum atomic E-state index is 14.1. The summed E-state index contributed by atoms with van der Waals surface area (Å²) in [5.41, 5.74) is 1.81. The third-order valence-electron chi connectivity index (χ3n) is 5.96. The molecule has 3 aromatic rings. The summed E-state index contributed by atoms with van der Waals surface area (Å²) in [4.78, 5) is 27.3. The van der Waals surface area contributed by atoms with Gasteiger partial charge in [-0.2, -0.15) is 5.10 Å². The molecule has 2 amide bonds. The second-order valence-corrected chi connectivity index (χ2v) is 8.26. The summed E-state index contributed by atoms with van der Waals surface area (Å²) in [6.45, 7) is -0.332. The molecule has 186 valence electrons. The Morgan fingerprint density at radius 3 is 2.42 bits per heavy atom. The molecule has 0 N–H and O–H groups in total. The Kier molecular flexibility index (Phi) is 7.28. The van der Waals surface area contributed by atoms with Gasteiger partial charge in [0, 0.05) is 25.1 Å². The fraction of sp³-hybridized carbons (Fsp3) is 0.222. The minimum absolute atomic E-state index is 0.128. The molecule has 7 nitrogen and oxygen atoms in total. The van der Waals surface area contributed by atoms with Crippen LogP contribution in [0.25, 0.3) is 0 Å². The molecular weight excluding hydrogens is 468 g/mol. The zero-order chi connectivity index (χ0) is 25.8. The second kappa shape index (κ2) is 10.6. The summed E-state index contributed by atoms with van der Waals surface area (Å²) in [6, 6.07) is 16.2. The lowest BCUT2D eigenvalue weighted by molar-refractivity contribution is -0.133. The molecule has 0 radical (unpaired) electrons. The maximum Gasteiger partial charge on any atom is 0.262 e. The number of carbonyl (C=O) groups is 2. The molecule has 0 aliphatic carbocycles. The van der Waals surface area contributed by atoms with Gasteiger partial charge in [-0.3, -0.25) is 9.59 Å². The smallest absolute Gasteiger partial charge is 0.262 e. The van der Waals surface area contributed by atoms with Gasteiger partial charge in [0.1, 0.15) is 29.7 Å². The number of halogens is 2. The summed E-state index contributed by atoms with van der Waals surface area (Å²) in [5, 5.41) is 5.87. The molecule has 0 saturated carbocycles. The van der Waals surface area contributed by atoms with Crippen molar-refractivity contribution >= 4 is 17.5 Å². The van der Waals surface area contributed by atoms with E-state index in [1.165, 1.54) is 49.5 Å². The molecule has 3 aromatic carbocycles. The van der Waals surface area contributed by atoms with Gasteiger partial charge in [-0.25, -0.2) is 13.8 Å². The average molecular weight is 494 g/mol. The molecule has 0 bridgehead atoms. The van der Waals surface area contributed by atoms with Crippen molar-refractivity contribution in [3.05, 3.63) is 95.1 Å². The van der Waals surface area contributed by atoms with Crippen LogP contribution in [0.15, 0.2) is 71.8 Å². The summed E-state index contributed by atoms with van der Waals surface area (Å²) in [6.07, 6.45) is 0.338. The summed E-state index contributed by atoms with van der Waals surface area (Å²) >= 11 is 0. The number of nitrogens with zero attached hydrogens (tertiary/aromatic N) is 3. The Hall–Kier alpha value is -4.27. The van der Waals surface area contributed by atoms with Crippen LogP contribution < -0.4 is 9.47 Å². The van der Waals surface area contributed by atoms with Crippen molar-refractivity contribution < 1.29 is 27.8 Å². The summed E-state index contributed by atoms with van der Waals surface area (Å²) in [7, 11) is 4.50. The molecule has 4 rings (SSSR count). The van der Waals surface area contributed by atoms with Crippen LogP contribution in [0.1, 0.15) is 33.9 Å².